The molecule has 158 valence electrons. The monoisotopic (exact) mass is 434 g/mol. The highest BCUT2D eigenvalue weighted by molar-refractivity contribution is 7.10. The molecule has 1 fully saturated rings. The Hall–Kier alpha value is -3.57. The number of hydrogen-bond donors (Lipinski definition) is 0. The molecule has 0 saturated carbocycles. The van der Waals surface area contributed by atoms with Gasteiger partial charge in [-0.05, 0) is 36.6 Å². The van der Waals surface area contributed by atoms with Gasteiger partial charge in [0, 0.05) is 37.1 Å². The summed E-state index contributed by atoms with van der Waals surface area (Å²) in [6.07, 6.45) is 3.67. The molecule has 1 amide bonds. The standard InChI is InChI=1S/C23H22N4O3S/c1-17-4-6-18(7-5-17)29-16-22(28)26-10-12-27(13-11-26)23-20(15-24)25-21(30-23)9-8-19-3-2-14-31-19/h2-9,14H,10-13,16H2,1H3/b9-8+. The van der Waals surface area contributed by atoms with Crippen molar-refractivity contribution in [3.05, 3.63) is 63.8 Å². The molecule has 0 radical (unpaired) electrons. The van der Waals surface area contributed by atoms with Crippen LogP contribution in [0.1, 0.15) is 22.0 Å². The first-order valence-corrected chi connectivity index (χ1v) is 10.8. The Balaban J connectivity index is 1.33. The Kier molecular flexibility index (Phi) is 6.34. The van der Waals surface area contributed by atoms with Crippen LogP contribution < -0.4 is 9.64 Å². The number of amides is 1. The Bertz CT molecular complexity index is 1090. The summed E-state index contributed by atoms with van der Waals surface area (Å²) in [4.78, 5) is 21.6. The molecule has 1 aliphatic rings. The molecule has 3 aromatic rings. The van der Waals surface area contributed by atoms with Crippen molar-refractivity contribution in [2.75, 3.05) is 37.7 Å². The number of aromatic nitrogens is 1. The van der Waals surface area contributed by atoms with Gasteiger partial charge in [0.15, 0.2) is 6.61 Å². The fraction of sp³-hybridized carbons (Fsp3) is 0.261. The molecular formula is C23H22N4O3S. The predicted octanol–water partition coefficient (Wildman–Crippen LogP) is 3.81. The second-order valence-electron chi connectivity index (χ2n) is 7.14. The first kappa shape index (κ1) is 20.7. The van der Waals surface area contributed by atoms with Crippen LogP contribution in [0.15, 0.2) is 46.2 Å². The van der Waals surface area contributed by atoms with E-state index in [2.05, 4.69) is 11.1 Å². The zero-order chi connectivity index (χ0) is 21.6. The predicted molar refractivity (Wildman–Crippen MR) is 120 cm³/mol. The SMILES string of the molecule is Cc1ccc(OCC(=O)N2CCN(c3oc(/C=C/c4cccs4)nc3C#N)CC2)cc1. The Morgan fingerprint density at radius 2 is 2.00 bits per heavy atom. The fourth-order valence-corrected chi connectivity index (χ4v) is 3.87. The van der Waals surface area contributed by atoms with Gasteiger partial charge in [0.05, 0.1) is 0 Å². The van der Waals surface area contributed by atoms with Gasteiger partial charge in [-0.3, -0.25) is 4.79 Å². The third-order valence-electron chi connectivity index (χ3n) is 4.97. The molecule has 7 nitrogen and oxygen atoms in total. The molecule has 2 aromatic heterocycles. The van der Waals surface area contributed by atoms with Crippen LogP contribution in [0, 0.1) is 18.3 Å². The highest BCUT2D eigenvalue weighted by Crippen LogP contribution is 2.24. The number of ether oxygens (including phenoxy) is 1. The van der Waals surface area contributed by atoms with Gasteiger partial charge >= 0.3 is 0 Å². The van der Waals surface area contributed by atoms with Crippen molar-refractivity contribution in [1.29, 1.82) is 5.26 Å². The zero-order valence-corrected chi connectivity index (χ0v) is 18.0. The molecule has 4 rings (SSSR count). The minimum atomic E-state index is -0.0575. The largest absolute Gasteiger partial charge is 0.484 e. The second-order valence-corrected chi connectivity index (χ2v) is 8.12. The number of nitriles is 1. The van der Waals surface area contributed by atoms with E-state index in [9.17, 15) is 10.1 Å². The summed E-state index contributed by atoms with van der Waals surface area (Å²) >= 11 is 1.61. The summed E-state index contributed by atoms with van der Waals surface area (Å²) in [5.74, 6) is 1.47. The van der Waals surface area contributed by atoms with Crippen molar-refractivity contribution in [1.82, 2.24) is 9.88 Å². The molecule has 1 saturated heterocycles. The maximum Gasteiger partial charge on any atom is 0.260 e. The van der Waals surface area contributed by atoms with Gasteiger partial charge in [-0.25, -0.2) is 0 Å². The second kappa shape index (κ2) is 9.49. The summed E-state index contributed by atoms with van der Waals surface area (Å²) in [5, 5.41) is 11.4. The number of thiophene rings is 1. The molecule has 0 N–H and O–H groups in total. The topological polar surface area (TPSA) is 82.6 Å². The number of anilines is 1. The highest BCUT2D eigenvalue weighted by Gasteiger charge is 2.26. The van der Waals surface area contributed by atoms with Gasteiger partial charge in [-0.15, -0.1) is 11.3 Å². The molecule has 0 bridgehead atoms. The Morgan fingerprint density at radius 1 is 1.23 bits per heavy atom. The van der Waals surface area contributed by atoms with Gasteiger partial charge in [0.1, 0.15) is 11.8 Å². The van der Waals surface area contributed by atoms with Gasteiger partial charge in [-0.2, -0.15) is 10.2 Å². The van der Waals surface area contributed by atoms with E-state index in [1.807, 2.05) is 59.7 Å². The average molecular weight is 435 g/mol. The summed E-state index contributed by atoms with van der Waals surface area (Å²) in [6, 6.07) is 13.7. The number of carbonyl (C=O) groups excluding carboxylic acids is 1. The molecule has 31 heavy (non-hydrogen) atoms. The Morgan fingerprint density at radius 3 is 2.68 bits per heavy atom. The average Bonchev–Trinajstić information content (AvgIpc) is 3.47. The maximum atomic E-state index is 12.5. The minimum Gasteiger partial charge on any atom is -0.484 e. The molecule has 1 aromatic carbocycles. The van der Waals surface area contributed by atoms with E-state index in [-0.39, 0.29) is 18.2 Å². The first-order valence-electron chi connectivity index (χ1n) is 9.97. The van der Waals surface area contributed by atoms with Crippen molar-refractivity contribution < 1.29 is 13.9 Å². The van der Waals surface area contributed by atoms with Crippen molar-refractivity contribution in [2.45, 2.75) is 6.92 Å². The highest BCUT2D eigenvalue weighted by atomic mass is 32.1. The molecule has 1 aliphatic heterocycles. The van der Waals surface area contributed by atoms with Crippen molar-refractivity contribution in [2.24, 2.45) is 0 Å². The van der Waals surface area contributed by atoms with E-state index in [4.69, 9.17) is 9.15 Å². The lowest BCUT2D eigenvalue weighted by Crippen LogP contribution is -2.50. The van der Waals surface area contributed by atoms with Gasteiger partial charge in [0.25, 0.3) is 5.91 Å². The van der Waals surface area contributed by atoms with Gasteiger partial charge in [-0.1, -0.05) is 23.8 Å². The van der Waals surface area contributed by atoms with Crippen LogP contribution in [0.4, 0.5) is 5.88 Å². The van der Waals surface area contributed by atoms with E-state index in [0.717, 1.165) is 10.4 Å². The molecule has 8 heteroatoms. The summed E-state index contributed by atoms with van der Waals surface area (Å²) < 4.78 is 11.4. The van der Waals surface area contributed by atoms with Crippen LogP contribution in [0.2, 0.25) is 0 Å². The van der Waals surface area contributed by atoms with Crippen LogP contribution in [0.25, 0.3) is 12.2 Å². The lowest BCUT2D eigenvalue weighted by Gasteiger charge is -2.34. The number of carbonyl (C=O) groups is 1. The van der Waals surface area contributed by atoms with E-state index in [1.54, 1.807) is 22.3 Å². The maximum absolute atomic E-state index is 12.5. The first-order chi connectivity index (χ1) is 15.1. The zero-order valence-electron chi connectivity index (χ0n) is 17.2. The van der Waals surface area contributed by atoms with Crippen molar-refractivity contribution in [3.8, 4) is 11.8 Å². The molecular weight excluding hydrogens is 412 g/mol. The van der Waals surface area contributed by atoms with Crippen LogP contribution in [0.5, 0.6) is 5.75 Å². The molecule has 0 aliphatic carbocycles. The third-order valence-corrected chi connectivity index (χ3v) is 5.81. The summed E-state index contributed by atoms with van der Waals surface area (Å²) in [5.41, 5.74) is 1.40. The van der Waals surface area contributed by atoms with Crippen molar-refractivity contribution in [3.63, 3.8) is 0 Å². The number of aryl methyl sites for hydroxylation is 1. The number of hydrogen-bond acceptors (Lipinski definition) is 7. The van der Waals surface area contributed by atoms with E-state index in [0.29, 0.717) is 43.7 Å². The van der Waals surface area contributed by atoms with E-state index >= 15 is 0 Å². The van der Waals surface area contributed by atoms with Crippen LogP contribution in [0.3, 0.4) is 0 Å². The molecule has 0 spiro atoms. The number of nitrogens with zero attached hydrogens (tertiary/aromatic N) is 4. The normalized spacial score (nSPS) is 14.1. The quantitative estimate of drug-likeness (QED) is 0.587. The number of piperazine rings is 1. The summed E-state index contributed by atoms with van der Waals surface area (Å²) in [6.45, 7) is 4.20. The number of rotatable bonds is 6. The van der Waals surface area contributed by atoms with Gasteiger partial charge < -0.3 is 19.0 Å². The van der Waals surface area contributed by atoms with E-state index < -0.39 is 0 Å². The van der Waals surface area contributed by atoms with Gasteiger partial charge in [0.2, 0.25) is 17.5 Å². The fourth-order valence-electron chi connectivity index (χ4n) is 3.26. The Labute approximate surface area is 184 Å². The molecule has 0 atom stereocenters. The lowest BCUT2D eigenvalue weighted by molar-refractivity contribution is -0.133. The smallest absolute Gasteiger partial charge is 0.260 e. The number of oxazole rings is 1. The van der Waals surface area contributed by atoms with Crippen LogP contribution >= 0.6 is 11.3 Å². The molecule has 3 heterocycles. The van der Waals surface area contributed by atoms with Crippen LogP contribution in [-0.2, 0) is 4.79 Å². The van der Waals surface area contributed by atoms with Crippen molar-refractivity contribution >= 4 is 35.3 Å². The number of benzene rings is 1. The minimum absolute atomic E-state index is 0.00643. The third kappa shape index (κ3) is 5.13. The molecule has 0 unspecified atom stereocenters. The summed E-state index contributed by atoms with van der Waals surface area (Å²) in [7, 11) is 0. The lowest BCUT2D eigenvalue weighted by atomic mass is 10.2. The van der Waals surface area contributed by atoms with E-state index in [1.165, 1.54) is 0 Å². The van der Waals surface area contributed by atoms with Crippen LogP contribution in [-0.4, -0.2) is 48.6 Å².